The van der Waals surface area contributed by atoms with Gasteiger partial charge in [-0.3, -0.25) is 24.0 Å². The van der Waals surface area contributed by atoms with Crippen molar-refractivity contribution in [1.82, 2.24) is 0 Å². The van der Waals surface area contributed by atoms with E-state index < -0.39 is 41.8 Å². The van der Waals surface area contributed by atoms with E-state index in [1.807, 2.05) is 0 Å². The predicted octanol–water partition coefficient (Wildman–Crippen LogP) is 1.17. The van der Waals surface area contributed by atoms with Gasteiger partial charge in [-0.05, 0) is 25.5 Å². The van der Waals surface area contributed by atoms with E-state index in [9.17, 15) is 24.0 Å². The van der Waals surface area contributed by atoms with E-state index in [4.69, 9.17) is 25.4 Å². The number of carbonyl (C=O) groups is 5. The van der Waals surface area contributed by atoms with Crippen LogP contribution in [0.1, 0.15) is 68.3 Å². The van der Waals surface area contributed by atoms with Gasteiger partial charge in [-0.1, -0.05) is 30.7 Å². The van der Waals surface area contributed by atoms with Gasteiger partial charge in [-0.2, -0.15) is 0 Å². The van der Waals surface area contributed by atoms with E-state index in [-0.39, 0.29) is 41.4 Å². The van der Waals surface area contributed by atoms with E-state index in [2.05, 4.69) is 0 Å². The molecule has 0 aliphatic heterocycles. The zero-order valence-electron chi connectivity index (χ0n) is 17.8. The lowest BCUT2D eigenvalue weighted by atomic mass is 9.88. The number of furan rings is 1. The van der Waals surface area contributed by atoms with Gasteiger partial charge in [0.05, 0.1) is 5.56 Å². The van der Waals surface area contributed by atoms with Crippen molar-refractivity contribution < 1.29 is 37.9 Å². The molecule has 0 fully saturated rings. The third kappa shape index (κ3) is 5.60. The Kier molecular flexibility index (Phi) is 7.86. The molecule has 0 bridgehead atoms. The Bertz CT molecular complexity index is 1040. The van der Waals surface area contributed by atoms with Crippen LogP contribution < -0.4 is 11.5 Å². The number of nitrogens with two attached hydrogens (primary N) is 2. The fraction of sp³-hybridized carbons (Fsp3) is 0.348. The molecule has 1 atom stereocenters. The highest BCUT2D eigenvalue weighted by atomic mass is 16.6. The third-order valence-corrected chi connectivity index (χ3v) is 5.04. The molecule has 1 aliphatic carbocycles. The first-order chi connectivity index (χ1) is 15.8. The summed E-state index contributed by atoms with van der Waals surface area (Å²) in [4.78, 5) is 61.2. The van der Waals surface area contributed by atoms with Crippen molar-refractivity contribution in [2.24, 2.45) is 11.5 Å². The molecule has 3 rings (SSSR count). The Morgan fingerprint density at radius 2 is 1.61 bits per heavy atom. The van der Waals surface area contributed by atoms with E-state index in [0.717, 1.165) is 12.5 Å². The molecule has 0 amide bonds. The second-order valence-electron chi connectivity index (χ2n) is 7.44. The summed E-state index contributed by atoms with van der Waals surface area (Å²) in [6, 6.07) is 6.64. The van der Waals surface area contributed by atoms with Crippen molar-refractivity contribution in [3.8, 4) is 0 Å². The highest BCUT2D eigenvalue weighted by Crippen LogP contribution is 2.30. The van der Waals surface area contributed by atoms with Gasteiger partial charge >= 0.3 is 11.9 Å². The van der Waals surface area contributed by atoms with E-state index >= 15 is 0 Å². The average Bonchev–Trinajstić information content (AvgIpc) is 3.26. The predicted molar refractivity (Wildman–Crippen MR) is 114 cm³/mol. The Hall–Kier alpha value is -3.63. The summed E-state index contributed by atoms with van der Waals surface area (Å²) in [6.07, 6.45) is 1.21. The van der Waals surface area contributed by atoms with Crippen LogP contribution in [0.15, 0.2) is 34.7 Å². The molecule has 174 valence electrons. The summed E-state index contributed by atoms with van der Waals surface area (Å²) in [5.74, 6) is -3.71. The minimum Gasteiger partial charge on any atom is -0.462 e. The molecular formula is C23H24N2O8. The fourth-order valence-electron chi connectivity index (χ4n) is 3.31. The van der Waals surface area contributed by atoms with Crippen LogP contribution in [0.3, 0.4) is 0 Å². The molecule has 4 N–H and O–H groups in total. The van der Waals surface area contributed by atoms with Gasteiger partial charge in [0, 0.05) is 11.1 Å². The molecule has 0 saturated carbocycles. The number of hydrogen-bond acceptors (Lipinski definition) is 10. The summed E-state index contributed by atoms with van der Waals surface area (Å²) in [5.41, 5.74) is 11.5. The maximum atomic E-state index is 12.6. The monoisotopic (exact) mass is 456 g/mol. The van der Waals surface area contributed by atoms with Gasteiger partial charge in [-0.25, -0.2) is 0 Å². The Balaban J connectivity index is 1.48. The van der Waals surface area contributed by atoms with Gasteiger partial charge in [0.25, 0.3) is 0 Å². The smallest absolute Gasteiger partial charge is 0.323 e. The summed E-state index contributed by atoms with van der Waals surface area (Å²) in [7, 11) is 0. The standard InChI is InChI=1S/C23H24N2O8/c24-8-4-3-7-16(25)23(30)32-10-9-31-19(27)12-17(26)18-11-15-20(28)13-5-1-2-6-14(13)21(29)22(15)33-18/h1-2,5-6,11,16H,3-4,7-10,12,24-25H2/t16-/m0/s1. The SMILES string of the molecule is NCCCC[C@H](N)C(=O)OCCOC(=O)CC(=O)c1cc2c(o1)C(=O)c1ccccc1C2=O. The summed E-state index contributed by atoms with van der Waals surface area (Å²) in [5, 5.41) is 0. The van der Waals surface area contributed by atoms with Crippen LogP contribution in [-0.2, 0) is 19.1 Å². The quantitative estimate of drug-likeness (QED) is 0.185. The van der Waals surface area contributed by atoms with Crippen LogP contribution in [-0.4, -0.2) is 55.1 Å². The molecule has 0 unspecified atom stereocenters. The number of unbranched alkanes of at least 4 members (excludes halogenated alkanes) is 1. The third-order valence-electron chi connectivity index (χ3n) is 5.04. The number of carbonyl (C=O) groups excluding carboxylic acids is 5. The first-order valence-corrected chi connectivity index (χ1v) is 10.5. The Morgan fingerprint density at radius 1 is 0.939 bits per heavy atom. The van der Waals surface area contributed by atoms with Gasteiger partial charge < -0.3 is 25.4 Å². The van der Waals surface area contributed by atoms with Crippen LogP contribution >= 0.6 is 0 Å². The van der Waals surface area contributed by atoms with Crippen molar-refractivity contribution in [2.75, 3.05) is 19.8 Å². The molecule has 0 radical (unpaired) electrons. The number of ether oxygens (including phenoxy) is 2. The number of fused-ring (bicyclic) bond motifs is 2. The maximum Gasteiger partial charge on any atom is 0.323 e. The van der Waals surface area contributed by atoms with Crippen LogP contribution in [0.25, 0.3) is 0 Å². The average molecular weight is 456 g/mol. The Morgan fingerprint density at radius 3 is 2.30 bits per heavy atom. The molecule has 0 saturated heterocycles. The Labute approximate surface area is 189 Å². The number of hydrogen-bond donors (Lipinski definition) is 2. The summed E-state index contributed by atoms with van der Waals surface area (Å²) in [6.45, 7) is 0.0469. The van der Waals surface area contributed by atoms with Crippen molar-refractivity contribution in [3.63, 3.8) is 0 Å². The van der Waals surface area contributed by atoms with E-state index in [1.54, 1.807) is 12.1 Å². The maximum absolute atomic E-state index is 12.6. The van der Waals surface area contributed by atoms with E-state index in [1.165, 1.54) is 12.1 Å². The lowest BCUT2D eigenvalue weighted by Crippen LogP contribution is -2.33. The normalized spacial score (nSPS) is 13.2. The molecule has 1 aromatic carbocycles. The van der Waals surface area contributed by atoms with Crippen molar-refractivity contribution in [2.45, 2.75) is 31.7 Å². The number of rotatable bonds is 11. The fourth-order valence-corrected chi connectivity index (χ4v) is 3.31. The molecular weight excluding hydrogens is 432 g/mol. The van der Waals surface area contributed by atoms with Crippen LogP contribution in [0.4, 0.5) is 0 Å². The lowest BCUT2D eigenvalue weighted by Gasteiger charge is -2.11. The largest absolute Gasteiger partial charge is 0.462 e. The minimum absolute atomic E-state index is 0.0230. The van der Waals surface area contributed by atoms with Gasteiger partial charge in [0.2, 0.25) is 11.6 Å². The second-order valence-corrected chi connectivity index (χ2v) is 7.44. The van der Waals surface area contributed by atoms with Crippen LogP contribution in [0.5, 0.6) is 0 Å². The zero-order valence-corrected chi connectivity index (χ0v) is 17.8. The van der Waals surface area contributed by atoms with Crippen molar-refractivity contribution in [1.29, 1.82) is 0 Å². The molecule has 0 spiro atoms. The molecule has 10 nitrogen and oxygen atoms in total. The highest BCUT2D eigenvalue weighted by molar-refractivity contribution is 6.28. The first kappa shape index (κ1) is 24.0. The molecule has 1 aromatic heterocycles. The second kappa shape index (κ2) is 10.8. The number of esters is 2. The molecule has 1 heterocycles. The van der Waals surface area contributed by atoms with Gasteiger partial charge in [0.1, 0.15) is 25.7 Å². The number of ketones is 3. The van der Waals surface area contributed by atoms with Gasteiger partial charge in [0.15, 0.2) is 17.3 Å². The zero-order chi connectivity index (χ0) is 24.0. The van der Waals surface area contributed by atoms with Crippen LogP contribution in [0, 0.1) is 0 Å². The van der Waals surface area contributed by atoms with Gasteiger partial charge in [-0.15, -0.1) is 0 Å². The summed E-state index contributed by atoms with van der Waals surface area (Å²) < 4.78 is 15.1. The number of benzene rings is 1. The molecule has 1 aliphatic rings. The van der Waals surface area contributed by atoms with Crippen molar-refractivity contribution in [3.05, 3.63) is 58.5 Å². The first-order valence-electron chi connectivity index (χ1n) is 10.5. The highest BCUT2D eigenvalue weighted by Gasteiger charge is 2.34. The van der Waals surface area contributed by atoms with Crippen LogP contribution in [0.2, 0.25) is 0 Å². The lowest BCUT2D eigenvalue weighted by molar-refractivity contribution is -0.152. The van der Waals surface area contributed by atoms with E-state index in [0.29, 0.717) is 19.4 Å². The van der Waals surface area contributed by atoms with Crippen molar-refractivity contribution >= 4 is 29.3 Å². The minimum atomic E-state index is -0.876. The summed E-state index contributed by atoms with van der Waals surface area (Å²) >= 11 is 0. The molecule has 33 heavy (non-hydrogen) atoms. The topological polar surface area (TPSA) is 169 Å². The number of Topliss-reactive ketones (excluding diaryl/α,β-unsaturated/α-hetero) is 1. The molecule has 2 aromatic rings. The molecule has 10 heteroatoms.